The lowest BCUT2D eigenvalue weighted by atomic mass is 9.97. The van der Waals surface area contributed by atoms with Crippen LogP contribution in [-0.2, 0) is 0 Å². The minimum Gasteiger partial charge on any atom is -0.365 e. The monoisotopic (exact) mass is 443 g/mol. The first-order valence-electron chi connectivity index (χ1n) is 11.3. The molecular weight excluding hydrogens is 406 g/mol. The van der Waals surface area contributed by atoms with E-state index in [2.05, 4.69) is 51.5 Å². The van der Waals surface area contributed by atoms with Crippen LogP contribution in [-0.4, -0.2) is 48.1 Å². The molecule has 1 heterocycles. The predicted molar refractivity (Wildman–Crippen MR) is 135 cm³/mol. The third-order valence-electron chi connectivity index (χ3n) is 6.07. The van der Waals surface area contributed by atoms with Gasteiger partial charge in [0.1, 0.15) is 0 Å². The molecule has 0 fully saturated rings. The molecule has 2 unspecified atom stereocenters. The molecule has 0 saturated heterocycles. The third-order valence-corrected chi connectivity index (χ3v) is 6.35. The van der Waals surface area contributed by atoms with Gasteiger partial charge in [0.25, 0.3) is 5.91 Å². The van der Waals surface area contributed by atoms with Crippen LogP contribution < -0.4 is 5.32 Å². The summed E-state index contributed by atoms with van der Waals surface area (Å²) >= 11 is 6.02. The van der Waals surface area contributed by atoms with Gasteiger partial charge in [-0.15, -0.1) is 0 Å². The van der Waals surface area contributed by atoms with Gasteiger partial charge in [-0.3, -0.25) is 4.79 Å². The van der Waals surface area contributed by atoms with Crippen LogP contribution in [0.1, 0.15) is 63.4 Å². The molecule has 1 aromatic rings. The molecule has 0 saturated carbocycles. The zero-order valence-corrected chi connectivity index (χ0v) is 20.7. The highest BCUT2D eigenvalue weighted by atomic mass is 35.5. The lowest BCUT2D eigenvalue weighted by molar-refractivity contribution is 0.0637. The van der Waals surface area contributed by atoms with E-state index in [1.54, 1.807) is 6.08 Å². The van der Waals surface area contributed by atoms with Crippen molar-refractivity contribution in [3.05, 3.63) is 59.2 Å². The van der Waals surface area contributed by atoms with E-state index in [9.17, 15) is 4.79 Å². The van der Waals surface area contributed by atoms with E-state index in [-0.39, 0.29) is 12.1 Å². The second kappa shape index (κ2) is 11.5. The van der Waals surface area contributed by atoms with Gasteiger partial charge < -0.3 is 15.1 Å². The maximum atomic E-state index is 13.5. The van der Waals surface area contributed by atoms with Gasteiger partial charge in [0.05, 0.1) is 11.7 Å². The van der Waals surface area contributed by atoms with Crippen molar-refractivity contribution in [2.75, 3.05) is 25.5 Å². The van der Waals surface area contributed by atoms with Crippen LogP contribution in [0.25, 0.3) is 5.57 Å². The van der Waals surface area contributed by atoms with Crippen molar-refractivity contribution in [1.82, 2.24) is 9.80 Å². The fourth-order valence-corrected chi connectivity index (χ4v) is 3.94. The zero-order valence-electron chi connectivity index (χ0n) is 19.9. The molecule has 0 aromatic heterocycles. The minimum absolute atomic E-state index is 0.0273. The lowest BCUT2D eigenvalue weighted by Gasteiger charge is -2.39. The van der Waals surface area contributed by atoms with Crippen LogP contribution in [0, 0.1) is 5.92 Å². The number of hydrogen-bond donors (Lipinski definition) is 1. The van der Waals surface area contributed by atoms with Crippen molar-refractivity contribution in [3.63, 3.8) is 0 Å². The second-order valence-corrected chi connectivity index (χ2v) is 9.27. The van der Waals surface area contributed by atoms with Crippen molar-refractivity contribution in [2.45, 2.75) is 59.7 Å². The first-order valence-corrected chi connectivity index (χ1v) is 11.6. The summed E-state index contributed by atoms with van der Waals surface area (Å²) in [5.41, 5.74) is 3.69. The van der Waals surface area contributed by atoms with Gasteiger partial charge in [0, 0.05) is 29.9 Å². The average molecular weight is 444 g/mol. The molecule has 5 heteroatoms. The molecule has 0 aliphatic carbocycles. The Morgan fingerprint density at radius 3 is 2.68 bits per heavy atom. The molecule has 0 bridgehead atoms. The Balaban J connectivity index is 2.27. The first-order chi connectivity index (χ1) is 14.7. The Morgan fingerprint density at radius 2 is 2.06 bits per heavy atom. The van der Waals surface area contributed by atoms with Gasteiger partial charge in [0.15, 0.2) is 0 Å². The van der Waals surface area contributed by atoms with E-state index >= 15 is 0 Å². The van der Waals surface area contributed by atoms with Crippen molar-refractivity contribution in [3.8, 4) is 0 Å². The van der Waals surface area contributed by atoms with E-state index in [0.29, 0.717) is 17.0 Å². The van der Waals surface area contributed by atoms with Gasteiger partial charge in [-0.2, -0.15) is 0 Å². The standard InChI is InChI=1S/C26H38ClN3O/c1-8-10-21(16-29(7)18(3)4)17-30-20(6)28-25-14-12-22(15-24(25)26(30)31)19(5)11-13-23(27)9-2/h9,11-15,18,20-21,28H,2,8,10,16-17H2,1,3-7H3. The topological polar surface area (TPSA) is 35.6 Å². The number of halogens is 1. The highest BCUT2D eigenvalue weighted by molar-refractivity contribution is 6.31. The molecule has 1 N–H and O–H groups in total. The van der Waals surface area contributed by atoms with E-state index in [1.165, 1.54) is 0 Å². The van der Waals surface area contributed by atoms with Gasteiger partial charge in [-0.05, 0) is 76.4 Å². The Morgan fingerprint density at radius 1 is 1.35 bits per heavy atom. The number of allylic oxidation sites excluding steroid dienone is 5. The normalized spacial score (nSPS) is 18.3. The molecule has 0 radical (unpaired) electrons. The Hall–Kier alpha value is -2.04. The number of carbonyl (C=O) groups is 1. The maximum Gasteiger partial charge on any atom is 0.257 e. The van der Waals surface area contributed by atoms with E-state index in [1.807, 2.05) is 42.2 Å². The molecule has 2 rings (SSSR count). The SMILES string of the molecule is C=CC(Cl)=CC=C(C)c1ccc2c(c1)C(=O)N(CC(CCC)CN(C)C(C)C)C(C)N2. The van der Waals surface area contributed by atoms with Crippen LogP contribution in [0.2, 0.25) is 0 Å². The predicted octanol–water partition coefficient (Wildman–Crippen LogP) is 6.37. The summed E-state index contributed by atoms with van der Waals surface area (Å²) in [5.74, 6) is 0.548. The zero-order chi connectivity index (χ0) is 23.1. The summed E-state index contributed by atoms with van der Waals surface area (Å²) in [6, 6.07) is 6.53. The maximum absolute atomic E-state index is 13.5. The van der Waals surface area contributed by atoms with Crippen molar-refractivity contribution in [1.29, 1.82) is 0 Å². The van der Waals surface area contributed by atoms with Gasteiger partial charge in [-0.1, -0.05) is 49.7 Å². The summed E-state index contributed by atoms with van der Waals surface area (Å²) in [7, 11) is 2.16. The Kier molecular flexibility index (Phi) is 9.39. The number of fused-ring (bicyclic) bond motifs is 1. The van der Waals surface area contributed by atoms with Crippen LogP contribution in [0.5, 0.6) is 0 Å². The van der Waals surface area contributed by atoms with Crippen LogP contribution in [0.15, 0.2) is 48.0 Å². The molecule has 1 aromatic carbocycles. The van der Waals surface area contributed by atoms with E-state index in [0.717, 1.165) is 48.3 Å². The number of anilines is 1. The first kappa shape index (κ1) is 25.2. The number of rotatable bonds is 10. The van der Waals surface area contributed by atoms with Crippen LogP contribution in [0.3, 0.4) is 0 Å². The van der Waals surface area contributed by atoms with Gasteiger partial charge in [-0.25, -0.2) is 0 Å². The van der Waals surface area contributed by atoms with Crippen molar-refractivity contribution < 1.29 is 4.79 Å². The molecular formula is C26H38ClN3O. The summed E-state index contributed by atoms with van der Waals surface area (Å²) in [6.07, 6.45) is 7.57. The second-order valence-electron chi connectivity index (χ2n) is 8.83. The minimum atomic E-state index is -0.0273. The van der Waals surface area contributed by atoms with Crippen molar-refractivity contribution >= 4 is 28.8 Å². The molecule has 1 aliphatic heterocycles. The molecule has 31 heavy (non-hydrogen) atoms. The summed E-state index contributed by atoms with van der Waals surface area (Å²) in [4.78, 5) is 17.8. The molecule has 2 atom stereocenters. The fraction of sp³-hybridized carbons (Fsp3) is 0.500. The molecule has 1 aliphatic rings. The van der Waals surface area contributed by atoms with Crippen molar-refractivity contribution in [2.24, 2.45) is 5.92 Å². The molecule has 170 valence electrons. The highest BCUT2D eigenvalue weighted by Crippen LogP contribution is 2.30. The number of hydrogen-bond acceptors (Lipinski definition) is 3. The molecule has 0 spiro atoms. The Bertz CT molecular complexity index is 843. The lowest BCUT2D eigenvalue weighted by Crippen LogP contribution is -2.50. The third kappa shape index (κ3) is 6.72. The molecule has 1 amide bonds. The molecule has 4 nitrogen and oxygen atoms in total. The Labute approximate surface area is 193 Å². The van der Waals surface area contributed by atoms with E-state index < -0.39 is 0 Å². The number of nitrogens with zero attached hydrogens (tertiary/aromatic N) is 2. The van der Waals surface area contributed by atoms with Gasteiger partial charge >= 0.3 is 0 Å². The number of carbonyl (C=O) groups excluding carboxylic acids is 1. The number of amides is 1. The fourth-order valence-electron chi connectivity index (χ4n) is 3.88. The largest absolute Gasteiger partial charge is 0.365 e. The summed E-state index contributed by atoms with van der Waals surface area (Å²) < 4.78 is 0. The summed E-state index contributed by atoms with van der Waals surface area (Å²) in [6.45, 7) is 16.1. The van der Waals surface area contributed by atoms with Gasteiger partial charge in [0.2, 0.25) is 0 Å². The number of benzene rings is 1. The highest BCUT2D eigenvalue weighted by Gasteiger charge is 2.31. The van der Waals surface area contributed by atoms with E-state index in [4.69, 9.17) is 11.6 Å². The van der Waals surface area contributed by atoms with Crippen LogP contribution in [0.4, 0.5) is 5.69 Å². The van der Waals surface area contributed by atoms with Crippen LogP contribution >= 0.6 is 11.6 Å². The smallest absolute Gasteiger partial charge is 0.257 e. The summed E-state index contributed by atoms with van der Waals surface area (Å²) in [5, 5.41) is 4.10. The quantitative estimate of drug-likeness (QED) is 0.427. The number of nitrogens with one attached hydrogen (secondary N) is 1. The average Bonchev–Trinajstić information content (AvgIpc) is 2.74.